The van der Waals surface area contributed by atoms with Gasteiger partial charge in [-0.25, -0.2) is 0 Å². The average molecular weight is 311 g/mol. The molecule has 1 N–H and O–H groups in total. The minimum Gasteiger partial charge on any atom is -0.490 e. The van der Waals surface area contributed by atoms with Crippen molar-refractivity contribution in [2.45, 2.75) is 19.4 Å². The molecule has 0 aliphatic rings. The van der Waals surface area contributed by atoms with Gasteiger partial charge in [0.05, 0.1) is 0 Å². The maximum Gasteiger partial charge on any atom is 0.265 e. The minimum atomic E-state index is -0.533. The maximum absolute atomic E-state index is 12.3. The molecule has 0 saturated heterocycles. The lowest BCUT2D eigenvalue weighted by atomic mass is 10.2. The number of carbonyl (C=O) groups excluding carboxylic acids is 1. The highest BCUT2D eigenvalue weighted by atomic mass is 16.5. The number of carbonyl (C=O) groups is 1. The van der Waals surface area contributed by atoms with E-state index in [4.69, 9.17) is 9.47 Å². The van der Waals surface area contributed by atoms with E-state index in [0.717, 1.165) is 5.75 Å². The third kappa shape index (κ3) is 5.18. The highest BCUT2D eigenvalue weighted by Crippen LogP contribution is 2.17. The Morgan fingerprint density at radius 2 is 1.83 bits per heavy atom. The first-order chi connectivity index (χ1) is 11.2. The van der Waals surface area contributed by atoms with E-state index in [1.807, 2.05) is 37.3 Å². The van der Waals surface area contributed by atoms with Gasteiger partial charge in [-0.1, -0.05) is 37.8 Å². The first kappa shape index (κ1) is 16.6. The van der Waals surface area contributed by atoms with E-state index in [2.05, 4.69) is 11.9 Å². The second kappa shape index (κ2) is 8.63. The van der Waals surface area contributed by atoms with Crippen LogP contribution in [0, 0.1) is 0 Å². The number of nitrogens with one attached hydrogen (secondary N) is 1. The van der Waals surface area contributed by atoms with Gasteiger partial charge in [0, 0.05) is 5.69 Å². The van der Waals surface area contributed by atoms with E-state index in [9.17, 15) is 4.79 Å². The molecule has 0 fully saturated rings. The van der Waals surface area contributed by atoms with Gasteiger partial charge < -0.3 is 14.8 Å². The zero-order valence-corrected chi connectivity index (χ0v) is 13.2. The molecule has 120 valence electrons. The third-order valence-electron chi connectivity index (χ3n) is 3.17. The first-order valence-electron chi connectivity index (χ1n) is 7.59. The number of anilines is 1. The molecular formula is C19H21NO3. The monoisotopic (exact) mass is 311 g/mol. The van der Waals surface area contributed by atoms with E-state index in [-0.39, 0.29) is 5.91 Å². The standard InChI is InChI=1S/C19H21NO3/c1-3-14-22-16-12-10-15(11-13-16)20-19(21)18(4-2)23-17-8-6-5-7-9-17/h3,5-13,18H,1,4,14H2,2H3,(H,20,21)/t18-/m0/s1. The molecule has 2 aromatic rings. The van der Waals surface area contributed by atoms with Crippen LogP contribution in [0.5, 0.6) is 11.5 Å². The fraction of sp³-hybridized carbons (Fsp3) is 0.211. The highest BCUT2D eigenvalue weighted by Gasteiger charge is 2.18. The van der Waals surface area contributed by atoms with Crippen molar-refractivity contribution in [3.8, 4) is 11.5 Å². The van der Waals surface area contributed by atoms with Gasteiger partial charge in [0.2, 0.25) is 0 Å². The van der Waals surface area contributed by atoms with Gasteiger partial charge in [-0.2, -0.15) is 0 Å². The lowest BCUT2D eigenvalue weighted by molar-refractivity contribution is -0.122. The van der Waals surface area contributed by atoms with Crippen LogP contribution in [0.3, 0.4) is 0 Å². The Balaban J connectivity index is 1.94. The molecule has 2 rings (SSSR count). The number of amides is 1. The van der Waals surface area contributed by atoms with Crippen LogP contribution in [0.25, 0.3) is 0 Å². The van der Waals surface area contributed by atoms with Gasteiger partial charge >= 0.3 is 0 Å². The predicted octanol–water partition coefficient (Wildman–Crippen LogP) is 4.05. The largest absolute Gasteiger partial charge is 0.490 e. The minimum absolute atomic E-state index is 0.170. The Bertz CT molecular complexity index is 623. The summed E-state index contributed by atoms with van der Waals surface area (Å²) < 4.78 is 11.1. The Labute approximate surface area is 136 Å². The number of hydrogen-bond acceptors (Lipinski definition) is 3. The molecule has 0 radical (unpaired) electrons. The SMILES string of the molecule is C=CCOc1ccc(NC(=O)[C@H](CC)Oc2ccccc2)cc1. The summed E-state index contributed by atoms with van der Waals surface area (Å²) in [5.41, 5.74) is 0.705. The lowest BCUT2D eigenvalue weighted by Gasteiger charge is -2.17. The van der Waals surface area contributed by atoms with Crippen molar-refractivity contribution in [3.05, 3.63) is 67.3 Å². The summed E-state index contributed by atoms with van der Waals surface area (Å²) in [6.45, 7) is 5.97. The van der Waals surface area contributed by atoms with Crippen LogP contribution in [-0.2, 0) is 4.79 Å². The van der Waals surface area contributed by atoms with Gasteiger partial charge in [-0.05, 0) is 42.8 Å². The van der Waals surface area contributed by atoms with E-state index >= 15 is 0 Å². The van der Waals surface area contributed by atoms with Crippen LogP contribution >= 0.6 is 0 Å². The molecule has 0 aromatic heterocycles. The number of ether oxygens (including phenoxy) is 2. The lowest BCUT2D eigenvalue weighted by Crippen LogP contribution is -2.32. The Morgan fingerprint density at radius 1 is 1.13 bits per heavy atom. The molecule has 0 spiro atoms. The normalized spacial score (nSPS) is 11.3. The van der Waals surface area contributed by atoms with Gasteiger partial charge in [0.1, 0.15) is 18.1 Å². The number of para-hydroxylation sites is 1. The second-order valence-corrected chi connectivity index (χ2v) is 4.94. The second-order valence-electron chi connectivity index (χ2n) is 4.94. The Kier molecular flexibility index (Phi) is 6.24. The summed E-state index contributed by atoms with van der Waals surface area (Å²) in [5, 5.41) is 2.86. The molecule has 0 heterocycles. The molecule has 23 heavy (non-hydrogen) atoms. The summed E-state index contributed by atoms with van der Waals surface area (Å²) >= 11 is 0. The number of hydrogen-bond donors (Lipinski definition) is 1. The van der Waals surface area contributed by atoms with E-state index in [1.165, 1.54) is 0 Å². The first-order valence-corrected chi connectivity index (χ1v) is 7.59. The van der Waals surface area contributed by atoms with Crippen molar-refractivity contribution in [2.75, 3.05) is 11.9 Å². The molecule has 4 heteroatoms. The Morgan fingerprint density at radius 3 is 2.43 bits per heavy atom. The highest BCUT2D eigenvalue weighted by molar-refractivity contribution is 5.94. The van der Waals surface area contributed by atoms with Crippen LogP contribution in [0.2, 0.25) is 0 Å². The molecular weight excluding hydrogens is 290 g/mol. The summed E-state index contributed by atoms with van der Waals surface area (Å²) in [7, 11) is 0. The molecule has 4 nitrogen and oxygen atoms in total. The molecule has 0 unspecified atom stereocenters. The van der Waals surface area contributed by atoms with Gasteiger partial charge in [0.15, 0.2) is 6.10 Å². The van der Waals surface area contributed by atoms with Crippen molar-refractivity contribution in [2.24, 2.45) is 0 Å². The summed E-state index contributed by atoms with van der Waals surface area (Å²) in [6, 6.07) is 16.5. The van der Waals surface area contributed by atoms with Crippen molar-refractivity contribution in [1.82, 2.24) is 0 Å². The summed E-state index contributed by atoms with van der Waals surface area (Å²) in [4.78, 5) is 12.3. The van der Waals surface area contributed by atoms with Crippen molar-refractivity contribution >= 4 is 11.6 Å². The molecule has 0 bridgehead atoms. The molecule has 0 aliphatic carbocycles. The van der Waals surface area contributed by atoms with E-state index in [1.54, 1.807) is 30.3 Å². The topological polar surface area (TPSA) is 47.6 Å². The van der Waals surface area contributed by atoms with Crippen LogP contribution in [0.15, 0.2) is 67.3 Å². The van der Waals surface area contributed by atoms with Gasteiger partial charge in [0.25, 0.3) is 5.91 Å². The van der Waals surface area contributed by atoms with Crippen LogP contribution in [-0.4, -0.2) is 18.6 Å². The molecule has 1 amide bonds. The van der Waals surface area contributed by atoms with Crippen LogP contribution < -0.4 is 14.8 Å². The van der Waals surface area contributed by atoms with E-state index in [0.29, 0.717) is 24.5 Å². The van der Waals surface area contributed by atoms with Crippen molar-refractivity contribution < 1.29 is 14.3 Å². The Hall–Kier alpha value is -2.75. The van der Waals surface area contributed by atoms with Crippen molar-refractivity contribution in [1.29, 1.82) is 0 Å². The predicted molar refractivity (Wildman–Crippen MR) is 91.9 cm³/mol. The smallest absolute Gasteiger partial charge is 0.265 e. The molecule has 0 aliphatic heterocycles. The van der Waals surface area contributed by atoms with E-state index < -0.39 is 6.10 Å². The fourth-order valence-electron chi connectivity index (χ4n) is 2.00. The maximum atomic E-state index is 12.3. The van der Waals surface area contributed by atoms with Crippen molar-refractivity contribution in [3.63, 3.8) is 0 Å². The number of benzene rings is 2. The summed E-state index contributed by atoms with van der Waals surface area (Å²) in [6.07, 6.45) is 1.73. The zero-order valence-electron chi connectivity index (χ0n) is 13.2. The van der Waals surface area contributed by atoms with Crippen LogP contribution in [0.4, 0.5) is 5.69 Å². The van der Waals surface area contributed by atoms with Crippen LogP contribution in [0.1, 0.15) is 13.3 Å². The zero-order chi connectivity index (χ0) is 16.5. The fourth-order valence-corrected chi connectivity index (χ4v) is 2.00. The third-order valence-corrected chi connectivity index (χ3v) is 3.17. The quantitative estimate of drug-likeness (QED) is 0.748. The van der Waals surface area contributed by atoms with Gasteiger partial charge in [-0.15, -0.1) is 0 Å². The molecule has 2 aromatic carbocycles. The molecule has 1 atom stereocenters. The van der Waals surface area contributed by atoms with Gasteiger partial charge in [-0.3, -0.25) is 4.79 Å². The summed E-state index contributed by atoms with van der Waals surface area (Å²) in [5.74, 6) is 1.24. The number of rotatable bonds is 8. The average Bonchev–Trinajstić information content (AvgIpc) is 2.60. The molecule has 0 saturated carbocycles.